The van der Waals surface area contributed by atoms with Crippen LogP contribution in [0.1, 0.15) is 13.8 Å². The molecule has 0 saturated heterocycles. The molecule has 4 heteroatoms. The zero-order valence-electron chi connectivity index (χ0n) is 5.79. The Morgan fingerprint density at radius 3 is 1.50 bits per heavy atom. The van der Waals surface area contributed by atoms with Crippen LogP contribution in [0.3, 0.4) is 0 Å². The molecule has 0 aromatic heterocycles. The SMILES string of the molecule is CC1(Cl)C(Cl)(Cl)C1(C)CO. The highest BCUT2D eigenvalue weighted by atomic mass is 35.5. The normalized spacial score (nSPS) is 51.0. The van der Waals surface area contributed by atoms with E-state index in [0.29, 0.717) is 0 Å². The Kier molecular flexibility index (Phi) is 1.74. The van der Waals surface area contributed by atoms with E-state index in [4.69, 9.17) is 39.9 Å². The van der Waals surface area contributed by atoms with Crippen LogP contribution in [0.2, 0.25) is 0 Å². The molecule has 60 valence electrons. The van der Waals surface area contributed by atoms with Crippen LogP contribution in [-0.4, -0.2) is 20.9 Å². The van der Waals surface area contributed by atoms with Gasteiger partial charge < -0.3 is 5.11 Å². The van der Waals surface area contributed by atoms with Crippen molar-refractivity contribution < 1.29 is 5.11 Å². The molecule has 1 fully saturated rings. The van der Waals surface area contributed by atoms with Gasteiger partial charge in [0.05, 0.1) is 11.5 Å². The van der Waals surface area contributed by atoms with Gasteiger partial charge in [-0.05, 0) is 6.92 Å². The van der Waals surface area contributed by atoms with Crippen molar-refractivity contribution in [2.75, 3.05) is 6.61 Å². The van der Waals surface area contributed by atoms with Gasteiger partial charge in [-0.25, -0.2) is 0 Å². The molecule has 10 heavy (non-hydrogen) atoms. The third kappa shape index (κ3) is 0.651. The van der Waals surface area contributed by atoms with Crippen molar-refractivity contribution in [2.45, 2.75) is 23.1 Å². The molecule has 1 nitrogen and oxygen atoms in total. The van der Waals surface area contributed by atoms with Gasteiger partial charge in [0, 0.05) is 5.41 Å². The predicted molar refractivity (Wildman–Crippen MR) is 43.9 cm³/mol. The number of alkyl halides is 3. The van der Waals surface area contributed by atoms with Crippen molar-refractivity contribution in [1.82, 2.24) is 0 Å². The molecule has 0 aromatic rings. The first-order valence-corrected chi connectivity index (χ1v) is 4.12. The maximum absolute atomic E-state index is 8.88. The lowest BCUT2D eigenvalue weighted by atomic mass is 10.1. The average molecular weight is 203 g/mol. The summed E-state index contributed by atoms with van der Waals surface area (Å²) in [6, 6.07) is 0. The van der Waals surface area contributed by atoms with E-state index in [9.17, 15) is 0 Å². The van der Waals surface area contributed by atoms with Gasteiger partial charge in [0.25, 0.3) is 0 Å². The Morgan fingerprint density at radius 1 is 1.20 bits per heavy atom. The van der Waals surface area contributed by atoms with E-state index >= 15 is 0 Å². The van der Waals surface area contributed by atoms with E-state index in [1.807, 2.05) is 0 Å². The van der Waals surface area contributed by atoms with Crippen LogP contribution in [-0.2, 0) is 0 Å². The molecular formula is C6H9Cl3O. The summed E-state index contributed by atoms with van der Waals surface area (Å²) in [4.78, 5) is -0.697. The van der Waals surface area contributed by atoms with Crippen LogP contribution in [0, 0.1) is 5.41 Å². The summed E-state index contributed by atoms with van der Waals surface area (Å²) in [5, 5.41) is 8.88. The van der Waals surface area contributed by atoms with Crippen molar-refractivity contribution in [3.63, 3.8) is 0 Å². The van der Waals surface area contributed by atoms with Crippen LogP contribution in [0.15, 0.2) is 0 Å². The van der Waals surface area contributed by atoms with Gasteiger partial charge in [-0.3, -0.25) is 0 Å². The number of rotatable bonds is 1. The molecule has 0 radical (unpaired) electrons. The summed E-state index contributed by atoms with van der Waals surface area (Å²) in [5.74, 6) is 0. The Hall–Kier alpha value is 0.830. The minimum atomic E-state index is -0.990. The molecule has 1 N–H and O–H groups in total. The fourth-order valence-electron chi connectivity index (χ4n) is 1.07. The molecule has 1 saturated carbocycles. The number of aliphatic hydroxyl groups is 1. The van der Waals surface area contributed by atoms with Crippen LogP contribution >= 0.6 is 34.8 Å². The quantitative estimate of drug-likeness (QED) is 0.648. The van der Waals surface area contributed by atoms with Gasteiger partial charge in [-0.15, -0.1) is 11.6 Å². The lowest BCUT2D eigenvalue weighted by Gasteiger charge is -2.05. The van der Waals surface area contributed by atoms with Gasteiger partial charge in [-0.1, -0.05) is 30.1 Å². The standard InChI is InChI=1S/C6H9Cl3O/c1-4(3-10)5(2,7)6(4,8)9/h10H,3H2,1-2H3. The van der Waals surface area contributed by atoms with E-state index in [1.165, 1.54) is 0 Å². The third-order valence-electron chi connectivity index (χ3n) is 2.57. The number of hydrogen-bond donors (Lipinski definition) is 1. The van der Waals surface area contributed by atoms with Crippen molar-refractivity contribution in [2.24, 2.45) is 5.41 Å². The molecule has 0 amide bonds. The van der Waals surface area contributed by atoms with Gasteiger partial charge in [-0.2, -0.15) is 0 Å². The Labute approximate surface area is 75.3 Å². The second kappa shape index (κ2) is 1.95. The van der Waals surface area contributed by atoms with Gasteiger partial charge in [0.1, 0.15) is 4.33 Å². The van der Waals surface area contributed by atoms with Crippen molar-refractivity contribution in [1.29, 1.82) is 0 Å². The number of aliphatic hydroxyl groups excluding tert-OH is 1. The van der Waals surface area contributed by atoms with Gasteiger partial charge in [0.2, 0.25) is 0 Å². The second-order valence-corrected chi connectivity index (χ2v) is 5.15. The molecule has 0 bridgehead atoms. The zero-order chi connectivity index (χ0) is 8.21. The summed E-state index contributed by atoms with van der Waals surface area (Å²) in [6.07, 6.45) is 0. The predicted octanol–water partition coefficient (Wildman–Crippen LogP) is 2.17. The molecule has 0 aromatic carbocycles. The summed E-state index contributed by atoms with van der Waals surface area (Å²) in [6.45, 7) is 3.41. The molecule has 1 aliphatic carbocycles. The Bertz CT molecular complexity index is 150. The lowest BCUT2D eigenvalue weighted by molar-refractivity contribution is 0.216. The number of hydrogen-bond acceptors (Lipinski definition) is 1. The van der Waals surface area contributed by atoms with Crippen molar-refractivity contribution in [3.8, 4) is 0 Å². The van der Waals surface area contributed by atoms with Gasteiger partial charge >= 0.3 is 0 Å². The fraction of sp³-hybridized carbons (Fsp3) is 1.00. The zero-order valence-corrected chi connectivity index (χ0v) is 8.06. The number of halogens is 3. The van der Waals surface area contributed by atoms with Gasteiger partial charge in [0.15, 0.2) is 0 Å². The molecule has 0 heterocycles. The third-order valence-corrected chi connectivity index (χ3v) is 5.06. The Balaban J connectivity index is 2.90. The topological polar surface area (TPSA) is 20.2 Å². The minimum absolute atomic E-state index is 0.0833. The summed E-state index contributed by atoms with van der Waals surface area (Å²) in [5.41, 5.74) is -0.565. The highest BCUT2D eigenvalue weighted by Gasteiger charge is 2.81. The molecule has 1 aliphatic rings. The van der Waals surface area contributed by atoms with Crippen LogP contribution in [0.4, 0.5) is 0 Å². The lowest BCUT2D eigenvalue weighted by Crippen LogP contribution is -2.11. The highest BCUT2D eigenvalue weighted by Crippen LogP contribution is 2.74. The second-order valence-electron chi connectivity index (χ2n) is 3.07. The molecular weight excluding hydrogens is 194 g/mol. The maximum Gasteiger partial charge on any atom is 0.147 e. The van der Waals surface area contributed by atoms with E-state index in [-0.39, 0.29) is 6.61 Å². The largest absolute Gasteiger partial charge is 0.396 e. The monoisotopic (exact) mass is 202 g/mol. The van der Waals surface area contributed by atoms with E-state index in [0.717, 1.165) is 0 Å². The first-order chi connectivity index (χ1) is 4.31. The van der Waals surface area contributed by atoms with Crippen molar-refractivity contribution in [3.05, 3.63) is 0 Å². The summed E-state index contributed by atoms with van der Waals surface area (Å²) >= 11 is 17.5. The Morgan fingerprint density at radius 2 is 1.50 bits per heavy atom. The van der Waals surface area contributed by atoms with Crippen LogP contribution < -0.4 is 0 Å². The van der Waals surface area contributed by atoms with E-state index in [1.54, 1.807) is 13.8 Å². The fourth-order valence-corrected chi connectivity index (χ4v) is 2.35. The van der Waals surface area contributed by atoms with E-state index in [2.05, 4.69) is 0 Å². The molecule has 2 atom stereocenters. The first kappa shape index (κ1) is 8.92. The average Bonchev–Trinajstić information content (AvgIpc) is 2.11. The van der Waals surface area contributed by atoms with Crippen LogP contribution in [0.5, 0.6) is 0 Å². The van der Waals surface area contributed by atoms with E-state index < -0.39 is 14.6 Å². The summed E-state index contributed by atoms with van der Waals surface area (Å²) in [7, 11) is 0. The highest BCUT2D eigenvalue weighted by molar-refractivity contribution is 6.59. The first-order valence-electron chi connectivity index (χ1n) is 2.99. The van der Waals surface area contributed by atoms with Crippen molar-refractivity contribution >= 4 is 34.8 Å². The molecule has 0 spiro atoms. The summed E-state index contributed by atoms with van der Waals surface area (Å²) < 4.78 is -0.990. The smallest absolute Gasteiger partial charge is 0.147 e. The van der Waals surface area contributed by atoms with Crippen LogP contribution in [0.25, 0.3) is 0 Å². The molecule has 2 unspecified atom stereocenters. The minimum Gasteiger partial charge on any atom is -0.396 e. The molecule has 0 aliphatic heterocycles. The maximum atomic E-state index is 8.88. The molecule has 1 rings (SSSR count).